The second-order valence-corrected chi connectivity index (χ2v) is 1.98. The Morgan fingerprint density at radius 2 is 2.00 bits per heavy atom. The summed E-state index contributed by atoms with van der Waals surface area (Å²) in [6.45, 7) is 11.5. The Morgan fingerprint density at radius 1 is 1.50 bits per heavy atom. The number of hydrogen-bond acceptors (Lipinski definition) is 0. The summed E-state index contributed by atoms with van der Waals surface area (Å²) in [5.74, 6) is 0. The van der Waals surface area contributed by atoms with Gasteiger partial charge in [-0.2, -0.15) is 0 Å². The molecule has 1 radical (unpaired) electrons. The van der Waals surface area contributed by atoms with E-state index < -0.39 is 0 Å². The highest BCUT2D eigenvalue weighted by Crippen LogP contribution is 2.06. The van der Waals surface area contributed by atoms with Gasteiger partial charge in [-0.3, -0.25) is 0 Å². The second kappa shape index (κ2) is 3.48. The molecular formula is C8H13. The van der Waals surface area contributed by atoms with Crippen molar-refractivity contribution in [2.24, 2.45) is 0 Å². The van der Waals surface area contributed by atoms with Crippen LogP contribution in [-0.2, 0) is 0 Å². The van der Waals surface area contributed by atoms with Crippen LogP contribution in [0.3, 0.4) is 0 Å². The molecule has 0 rings (SSSR count). The lowest BCUT2D eigenvalue weighted by Gasteiger charge is -1.96. The number of rotatable bonds is 2. The molecule has 0 fully saturated rings. The molecule has 0 nitrogen and oxygen atoms in total. The molecule has 0 bridgehead atoms. The van der Waals surface area contributed by atoms with Crippen LogP contribution in [0.15, 0.2) is 17.2 Å². The summed E-state index contributed by atoms with van der Waals surface area (Å²) < 4.78 is 0. The number of hydrogen-bond donors (Lipinski definition) is 0. The van der Waals surface area contributed by atoms with Gasteiger partial charge in [0.05, 0.1) is 0 Å². The molecule has 0 heteroatoms. The van der Waals surface area contributed by atoms with Gasteiger partial charge in [-0.05, 0) is 20.3 Å². The minimum atomic E-state index is 1.10. The maximum atomic E-state index is 5.27. The largest absolute Gasteiger partial charge is 0.0707 e. The lowest BCUT2D eigenvalue weighted by Crippen LogP contribution is -1.75. The first-order valence-corrected chi connectivity index (χ1v) is 2.93. The van der Waals surface area contributed by atoms with Gasteiger partial charge in [0.25, 0.3) is 0 Å². The fourth-order valence-corrected chi connectivity index (χ4v) is 0.421. The van der Waals surface area contributed by atoms with Crippen LogP contribution in [0.2, 0.25) is 0 Å². The van der Waals surface area contributed by atoms with Gasteiger partial charge in [-0.15, -0.1) is 0 Å². The summed E-state index contributed by atoms with van der Waals surface area (Å²) in [6, 6.07) is 0. The van der Waals surface area contributed by atoms with Gasteiger partial charge in [0, 0.05) is 0 Å². The minimum Gasteiger partial charge on any atom is -0.0707 e. The summed E-state index contributed by atoms with van der Waals surface area (Å²) >= 11 is 0. The Kier molecular flexibility index (Phi) is 3.25. The van der Waals surface area contributed by atoms with Crippen LogP contribution in [0.4, 0.5) is 0 Å². The fourth-order valence-electron chi connectivity index (χ4n) is 0.421. The highest BCUT2D eigenvalue weighted by Gasteiger charge is 1.85. The van der Waals surface area contributed by atoms with E-state index in [0.29, 0.717) is 0 Å². The average molecular weight is 109 g/mol. The van der Waals surface area contributed by atoms with E-state index in [1.807, 2.05) is 6.92 Å². The molecule has 0 aromatic carbocycles. The molecule has 0 atom stereocenters. The first-order chi connectivity index (χ1) is 3.72. The predicted octanol–water partition coefficient (Wildman–Crippen LogP) is 2.72. The summed E-state index contributed by atoms with van der Waals surface area (Å²) in [5, 5.41) is 0. The Morgan fingerprint density at radius 3 is 2.12 bits per heavy atom. The topological polar surface area (TPSA) is 0 Å². The van der Waals surface area contributed by atoms with Crippen LogP contribution < -0.4 is 0 Å². The van der Waals surface area contributed by atoms with Crippen molar-refractivity contribution in [2.75, 3.05) is 0 Å². The Balaban J connectivity index is 4.03. The first kappa shape index (κ1) is 7.48. The highest BCUT2D eigenvalue weighted by molar-refractivity contribution is 5.18. The van der Waals surface area contributed by atoms with E-state index in [1.54, 1.807) is 6.08 Å². The van der Waals surface area contributed by atoms with E-state index in [0.717, 1.165) is 6.42 Å². The summed E-state index contributed by atoms with van der Waals surface area (Å²) in [7, 11) is 0. The molecule has 0 N–H and O–H groups in total. The van der Waals surface area contributed by atoms with Gasteiger partial charge in [0.2, 0.25) is 0 Å². The van der Waals surface area contributed by atoms with E-state index in [1.165, 1.54) is 11.1 Å². The molecule has 0 saturated carbocycles. The fraction of sp³-hybridized carbons (Fsp3) is 0.500. The zero-order chi connectivity index (χ0) is 6.57. The van der Waals surface area contributed by atoms with Crippen LogP contribution in [-0.4, -0.2) is 0 Å². The SMILES string of the molecule is [CH]=CC(C)=C(C)CC. The van der Waals surface area contributed by atoms with E-state index in [-0.39, 0.29) is 0 Å². The summed E-state index contributed by atoms with van der Waals surface area (Å²) in [5.41, 5.74) is 2.57. The van der Waals surface area contributed by atoms with E-state index in [2.05, 4.69) is 13.8 Å². The van der Waals surface area contributed by atoms with Gasteiger partial charge in [-0.25, -0.2) is 0 Å². The average Bonchev–Trinajstić information content (AvgIpc) is 1.84. The smallest absolute Gasteiger partial charge is 0.0346 e. The van der Waals surface area contributed by atoms with Gasteiger partial charge in [0.15, 0.2) is 0 Å². The Bertz CT molecular complexity index is 107. The lowest BCUT2D eigenvalue weighted by molar-refractivity contribution is 1.07. The molecule has 0 aromatic heterocycles. The highest BCUT2D eigenvalue weighted by atomic mass is 13.9. The van der Waals surface area contributed by atoms with Crippen molar-refractivity contribution in [1.82, 2.24) is 0 Å². The van der Waals surface area contributed by atoms with Crippen LogP contribution in [0.5, 0.6) is 0 Å². The first-order valence-electron chi connectivity index (χ1n) is 2.93. The molecule has 45 valence electrons. The van der Waals surface area contributed by atoms with Crippen LogP contribution in [0.25, 0.3) is 0 Å². The Hall–Kier alpha value is -0.520. The third-order valence-corrected chi connectivity index (χ3v) is 1.45. The summed E-state index contributed by atoms with van der Waals surface area (Å²) in [6.07, 6.45) is 2.75. The van der Waals surface area contributed by atoms with Crippen LogP contribution in [0.1, 0.15) is 27.2 Å². The second-order valence-electron chi connectivity index (χ2n) is 1.98. The zero-order valence-electron chi connectivity index (χ0n) is 5.86. The molecule has 0 heterocycles. The van der Waals surface area contributed by atoms with Gasteiger partial charge >= 0.3 is 0 Å². The third-order valence-electron chi connectivity index (χ3n) is 1.45. The Labute approximate surface area is 51.9 Å². The van der Waals surface area contributed by atoms with E-state index >= 15 is 0 Å². The van der Waals surface area contributed by atoms with Crippen molar-refractivity contribution in [3.05, 3.63) is 23.8 Å². The molecule has 0 spiro atoms. The molecule has 0 aliphatic carbocycles. The quantitative estimate of drug-likeness (QED) is 0.478. The van der Waals surface area contributed by atoms with Gasteiger partial charge < -0.3 is 0 Å². The van der Waals surface area contributed by atoms with Crippen molar-refractivity contribution >= 4 is 0 Å². The van der Waals surface area contributed by atoms with E-state index in [9.17, 15) is 0 Å². The van der Waals surface area contributed by atoms with Crippen molar-refractivity contribution in [3.63, 3.8) is 0 Å². The lowest BCUT2D eigenvalue weighted by atomic mass is 10.1. The van der Waals surface area contributed by atoms with Gasteiger partial charge in [-0.1, -0.05) is 30.7 Å². The van der Waals surface area contributed by atoms with Crippen LogP contribution >= 0.6 is 0 Å². The zero-order valence-corrected chi connectivity index (χ0v) is 5.86. The molecule has 0 aliphatic rings. The van der Waals surface area contributed by atoms with Crippen molar-refractivity contribution < 1.29 is 0 Å². The predicted molar refractivity (Wildman–Crippen MR) is 37.5 cm³/mol. The molecule has 0 unspecified atom stereocenters. The molecule has 0 saturated heterocycles. The molecule has 8 heavy (non-hydrogen) atoms. The monoisotopic (exact) mass is 109 g/mol. The van der Waals surface area contributed by atoms with Crippen LogP contribution in [0, 0.1) is 6.58 Å². The van der Waals surface area contributed by atoms with Crippen molar-refractivity contribution in [2.45, 2.75) is 27.2 Å². The summed E-state index contributed by atoms with van der Waals surface area (Å²) in [4.78, 5) is 0. The normalized spacial score (nSPS) is 12.9. The van der Waals surface area contributed by atoms with Crippen molar-refractivity contribution in [1.29, 1.82) is 0 Å². The molecule has 0 aliphatic heterocycles. The molecule has 0 amide bonds. The minimum absolute atomic E-state index is 1.10. The standard InChI is InChI=1S/C8H13/c1-5-7(3)8(4)6-2/h1,5H,6H2,2-4H3. The molecular weight excluding hydrogens is 96.1 g/mol. The maximum absolute atomic E-state index is 5.27. The maximum Gasteiger partial charge on any atom is -0.0346 e. The van der Waals surface area contributed by atoms with Gasteiger partial charge in [0.1, 0.15) is 0 Å². The molecule has 0 aromatic rings. The van der Waals surface area contributed by atoms with Crippen molar-refractivity contribution in [3.8, 4) is 0 Å². The van der Waals surface area contributed by atoms with E-state index in [4.69, 9.17) is 6.58 Å². The third kappa shape index (κ3) is 1.97. The number of allylic oxidation sites excluding steroid dienone is 3.